The molecule has 1 heterocycles. The van der Waals surface area contributed by atoms with Crippen LogP contribution >= 0.6 is 11.6 Å². The predicted molar refractivity (Wildman–Crippen MR) is 52.8 cm³/mol. The van der Waals surface area contributed by atoms with Crippen molar-refractivity contribution >= 4 is 17.4 Å². The third-order valence-electron chi connectivity index (χ3n) is 2.06. The zero-order valence-electron chi connectivity index (χ0n) is 7.37. The van der Waals surface area contributed by atoms with Gasteiger partial charge in [0.2, 0.25) is 5.28 Å². The molecule has 1 N–H and O–H groups in total. The van der Waals surface area contributed by atoms with Crippen LogP contribution in [0, 0.1) is 5.82 Å². The summed E-state index contributed by atoms with van der Waals surface area (Å²) in [7, 11) is 0. The van der Waals surface area contributed by atoms with Gasteiger partial charge in [0.1, 0.15) is 0 Å². The van der Waals surface area contributed by atoms with Crippen LogP contribution in [-0.2, 0) is 0 Å². The number of nitrogens with one attached hydrogen (secondary N) is 1. The maximum Gasteiger partial charge on any atom is 0.224 e. The molecule has 14 heavy (non-hydrogen) atoms. The van der Waals surface area contributed by atoms with E-state index in [1.165, 1.54) is 0 Å². The number of hydrogen-bond donors (Lipinski definition) is 1. The quantitative estimate of drug-likeness (QED) is 0.606. The van der Waals surface area contributed by atoms with E-state index in [1.807, 2.05) is 0 Å². The molecule has 0 saturated heterocycles. The van der Waals surface area contributed by atoms with Gasteiger partial charge >= 0.3 is 0 Å². The maximum absolute atomic E-state index is 13.2. The first-order valence-electron chi connectivity index (χ1n) is 4.35. The third-order valence-corrected chi connectivity index (χ3v) is 2.25. The molecule has 5 heteroatoms. The van der Waals surface area contributed by atoms with E-state index >= 15 is 0 Å². The molecule has 1 aliphatic rings. The second-order valence-corrected chi connectivity index (χ2v) is 3.46. The molecular formula is C9H9ClFN3. The van der Waals surface area contributed by atoms with Crippen LogP contribution in [0.3, 0.4) is 0 Å². The normalized spacial score (nSPS) is 16.1. The van der Waals surface area contributed by atoms with Gasteiger partial charge in [-0.15, -0.1) is 0 Å². The highest BCUT2D eigenvalue weighted by atomic mass is 35.5. The minimum absolute atomic E-state index is 0.0554. The van der Waals surface area contributed by atoms with Crippen LogP contribution in [0.2, 0.25) is 5.28 Å². The highest BCUT2D eigenvalue weighted by Gasteiger charge is 2.13. The lowest BCUT2D eigenvalue weighted by Crippen LogP contribution is -2.17. The lowest BCUT2D eigenvalue weighted by Gasteiger charge is -2.12. The standard InChI is InChI=1S/C9H9ClFN3/c10-9-12-5-7(11)8(14-9)13-6-3-1-2-4-6/h1-2,5-6H,3-4H2,(H,12,13,14). The molecule has 1 aromatic heterocycles. The Kier molecular flexibility index (Phi) is 2.63. The largest absolute Gasteiger partial charge is 0.364 e. The smallest absolute Gasteiger partial charge is 0.224 e. The summed E-state index contributed by atoms with van der Waals surface area (Å²) in [5, 5.41) is 3.03. The minimum atomic E-state index is -0.471. The van der Waals surface area contributed by atoms with Gasteiger partial charge in [-0.3, -0.25) is 0 Å². The molecule has 0 radical (unpaired) electrons. The Hall–Kier alpha value is -1.16. The van der Waals surface area contributed by atoms with Crippen LogP contribution < -0.4 is 5.32 Å². The zero-order valence-corrected chi connectivity index (χ0v) is 8.13. The molecule has 0 atom stereocenters. The molecule has 0 amide bonds. The molecule has 0 saturated carbocycles. The van der Waals surface area contributed by atoms with Crippen molar-refractivity contribution in [3.8, 4) is 0 Å². The van der Waals surface area contributed by atoms with Crippen LogP contribution in [0.4, 0.5) is 10.2 Å². The van der Waals surface area contributed by atoms with E-state index in [2.05, 4.69) is 27.4 Å². The monoisotopic (exact) mass is 213 g/mol. The summed E-state index contributed by atoms with van der Waals surface area (Å²) in [6, 6.07) is 0.218. The highest BCUT2D eigenvalue weighted by Crippen LogP contribution is 2.18. The van der Waals surface area contributed by atoms with E-state index in [4.69, 9.17) is 11.6 Å². The first-order valence-corrected chi connectivity index (χ1v) is 4.73. The molecule has 1 aliphatic carbocycles. The van der Waals surface area contributed by atoms with Gasteiger partial charge in [0.05, 0.1) is 6.20 Å². The van der Waals surface area contributed by atoms with Crippen LogP contribution in [0.25, 0.3) is 0 Å². The Balaban J connectivity index is 2.11. The Labute approximate surface area is 86.0 Å². The van der Waals surface area contributed by atoms with Gasteiger partial charge in [0.15, 0.2) is 11.6 Å². The SMILES string of the molecule is Fc1cnc(Cl)nc1NC1CC=CC1. The van der Waals surface area contributed by atoms with Gasteiger partial charge < -0.3 is 5.32 Å². The fourth-order valence-corrected chi connectivity index (χ4v) is 1.51. The van der Waals surface area contributed by atoms with Crippen LogP contribution in [0.15, 0.2) is 18.3 Å². The maximum atomic E-state index is 13.2. The Morgan fingerprint density at radius 3 is 2.86 bits per heavy atom. The van der Waals surface area contributed by atoms with Crippen molar-refractivity contribution in [2.45, 2.75) is 18.9 Å². The van der Waals surface area contributed by atoms with Crippen molar-refractivity contribution in [2.75, 3.05) is 5.32 Å². The van der Waals surface area contributed by atoms with Gasteiger partial charge in [-0.2, -0.15) is 4.98 Å². The van der Waals surface area contributed by atoms with Gasteiger partial charge in [-0.1, -0.05) is 12.2 Å². The van der Waals surface area contributed by atoms with Gasteiger partial charge in [-0.05, 0) is 24.4 Å². The van der Waals surface area contributed by atoms with Crippen LogP contribution in [-0.4, -0.2) is 16.0 Å². The van der Waals surface area contributed by atoms with Gasteiger partial charge in [0, 0.05) is 6.04 Å². The number of halogens is 2. The van der Waals surface area contributed by atoms with Crippen molar-refractivity contribution in [2.24, 2.45) is 0 Å². The Morgan fingerprint density at radius 2 is 2.14 bits per heavy atom. The van der Waals surface area contributed by atoms with Gasteiger partial charge in [0.25, 0.3) is 0 Å². The molecule has 0 unspecified atom stereocenters. The summed E-state index contributed by atoms with van der Waals surface area (Å²) in [5.74, 6) is -0.292. The van der Waals surface area contributed by atoms with Crippen molar-refractivity contribution in [1.82, 2.24) is 9.97 Å². The lowest BCUT2D eigenvalue weighted by atomic mass is 10.2. The van der Waals surface area contributed by atoms with E-state index in [-0.39, 0.29) is 17.1 Å². The average Bonchev–Trinajstić information content (AvgIpc) is 2.64. The summed E-state index contributed by atoms with van der Waals surface area (Å²) in [6.45, 7) is 0. The van der Waals surface area contributed by atoms with Crippen molar-refractivity contribution < 1.29 is 4.39 Å². The number of anilines is 1. The first-order chi connectivity index (χ1) is 6.75. The molecule has 0 aromatic carbocycles. The summed E-state index contributed by atoms with van der Waals surface area (Å²) in [5.41, 5.74) is 0. The Morgan fingerprint density at radius 1 is 1.43 bits per heavy atom. The topological polar surface area (TPSA) is 37.8 Å². The molecular weight excluding hydrogens is 205 g/mol. The molecule has 74 valence electrons. The lowest BCUT2D eigenvalue weighted by molar-refractivity contribution is 0.611. The van der Waals surface area contributed by atoms with Crippen LogP contribution in [0.5, 0.6) is 0 Å². The number of hydrogen-bond acceptors (Lipinski definition) is 3. The van der Waals surface area contributed by atoms with E-state index in [0.717, 1.165) is 19.0 Å². The van der Waals surface area contributed by atoms with Gasteiger partial charge in [-0.25, -0.2) is 9.37 Å². The summed E-state index contributed by atoms with van der Waals surface area (Å²) >= 11 is 5.56. The fraction of sp³-hybridized carbons (Fsp3) is 0.333. The minimum Gasteiger partial charge on any atom is -0.364 e. The number of aromatic nitrogens is 2. The molecule has 3 nitrogen and oxygen atoms in total. The van der Waals surface area contributed by atoms with Crippen LogP contribution in [0.1, 0.15) is 12.8 Å². The van der Waals surface area contributed by atoms with E-state index in [0.29, 0.717) is 0 Å². The molecule has 0 bridgehead atoms. The number of nitrogens with zero attached hydrogens (tertiary/aromatic N) is 2. The Bertz CT molecular complexity index is 359. The first kappa shape index (κ1) is 9.40. The molecule has 0 spiro atoms. The van der Waals surface area contributed by atoms with E-state index in [1.54, 1.807) is 0 Å². The molecule has 1 aromatic rings. The summed E-state index contributed by atoms with van der Waals surface area (Å²) in [6.07, 6.45) is 6.96. The van der Waals surface area contributed by atoms with Crippen molar-refractivity contribution in [3.63, 3.8) is 0 Å². The average molecular weight is 214 g/mol. The third kappa shape index (κ3) is 2.01. The second kappa shape index (κ2) is 3.92. The van der Waals surface area contributed by atoms with E-state index < -0.39 is 5.82 Å². The van der Waals surface area contributed by atoms with E-state index in [9.17, 15) is 4.39 Å². The molecule has 2 rings (SSSR count). The molecule has 0 aliphatic heterocycles. The summed E-state index contributed by atoms with van der Waals surface area (Å²) < 4.78 is 13.2. The predicted octanol–water partition coefficient (Wildman–Crippen LogP) is 2.40. The van der Waals surface area contributed by atoms with Crippen molar-refractivity contribution in [1.29, 1.82) is 0 Å². The second-order valence-electron chi connectivity index (χ2n) is 3.12. The van der Waals surface area contributed by atoms with Crippen molar-refractivity contribution in [3.05, 3.63) is 29.4 Å². The fourth-order valence-electron chi connectivity index (χ4n) is 1.38. The summed E-state index contributed by atoms with van der Waals surface area (Å²) in [4.78, 5) is 7.31. The highest BCUT2D eigenvalue weighted by molar-refractivity contribution is 6.28. The number of rotatable bonds is 2. The molecule has 0 fully saturated rings. The zero-order chi connectivity index (χ0) is 9.97.